The molecule has 94 valence electrons. The van der Waals surface area contributed by atoms with Crippen LogP contribution in [-0.4, -0.2) is 17.3 Å². The van der Waals surface area contributed by atoms with E-state index in [1.807, 2.05) is 6.92 Å². The Balaban J connectivity index is 2.51. The van der Waals surface area contributed by atoms with E-state index in [0.29, 0.717) is 11.4 Å². The summed E-state index contributed by atoms with van der Waals surface area (Å²) in [6.07, 6.45) is 0.501. The number of benzene rings is 1. The molecule has 1 unspecified atom stereocenters. The lowest BCUT2D eigenvalue weighted by molar-refractivity contribution is -0.120. The minimum atomic E-state index is -0.686. The van der Waals surface area contributed by atoms with Crippen LogP contribution in [0.4, 0.5) is 8.78 Å². The molecule has 0 spiro atoms. The van der Waals surface area contributed by atoms with Gasteiger partial charge in [-0.1, -0.05) is 28.9 Å². The number of hydrogen-bond acceptors (Lipinski definition) is 1. The molecule has 0 saturated carbocycles. The number of rotatable bonds is 5. The van der Waals surface area contributed by atoms with Crippen LogP contribution in [0.2, 0.25) is 0 Å². The van der Waals surface area contributed by atoms with Crippen LogP contribution in [0.1, 0.15) is 18.9 Å². The Kier molecular flexibility index (Phi) is 5.55. The smallest absolute Gasteiger partial charge is 0.224 e. The molecule has 1 rings (SSSR count). The van der Waals surface area contributed by atoms with Gasteiger partial charge in [0, 0.05) is 16.9 Å². The number of hydrogen-bond donors (Lipinski definition) is 1. The third-order valence-corrected chi connectivity index (χ3v) is 2.72. The maximum absolute atomic E-state index is 13.2. The van der Waals surface area contributed by atoms with Crippen molar-refractivity contribution in [3.05, 3.63) is 35.4 Å². The van der Waals surface area contributed by atoms with Gasteiger partial charge in [-0.3, -0.25) is 4.79 Å². The molecule has 1 amide bonds. The van der Waals surface area contributed by atoms with Crippen LogP contribution in [0.5, 0.6) is 0 Å². The predicted octanol–water partition coefficient (Wildman–Crippen LogP) is 2.80. The fourth-order valence-electron chi connectivity index (χ4n) is 1.33. The molecule has 17 heavy (non-hydrogen) atoms. The van der Waals surface area contributed by atoms with E-state index >= 15 is 0 Å². The summed E-state index contributed by atoms with van der Waals surface area (Å²) < 4.78 is 26.5. The van der Waals surface area contributed by atoms with Crippen LogP contribution in [0, 0.1) is 11.6 Å². The van der Waals surface area contributed by atoms with E-state index in [1.54, 1.807) is 0 Å². The molecule has 0 aliphatic carbocycles. The molecule has 1 atom stereocenters. The minimum Gasteiger partial charge on any atom is -0.356 e. The molecule has 1 aromatic rings. The van der Waals surface area contributed by atoms with Gasteiger partial charge < -0.3 is 5.32 Å². The zero-order valence-electron chi connectivity index (χ0n) is 9.47. The van der Waals surface area contributed by atoms with E-state index in [-0.39, 0.29) is 17.9 Å². The average molecular weight is 306 g/mol. The molecule has 1 N–H and O–H groups in total. The highest BCUT2D eigenvalue weighted by molar-refractivity contribution is 9.09. The van der Waals surface area contributed by atoms with Crippen LogP contribution in [0.3, 0.4) is 0 Å². The molecular formula is C12H14BrF2NO. The van der Waals surface area contributed by atoms with Crippen LogP contribution in [-0.2, 0) is 11.2 Å². The van der Waals surface area contributed by atoms with Gasteiger partial charge in [-0.2, -0.15) is 0 Å². The predicted molar refractivity (Wildman–Crippen MR) is 66.1 cm³/mol. The molecule has 0 radical (unpaired) electrons. The van der Waals surface area contributed by atoms with Gasteiger partial charge in [0.15, 0.2) is 0 Å². The van der Waals surface area contributed by atoms with Crippen molar-refractivity contribution in [2.75, 3.05) is 6.54 Å². The van der Waals surface area contributed by atoms with Crippen molar-refractivity contribution >= 4 is 21.8 Å². The molecule has 0 aliphatic rings. The van der Waals surface area contributed by atoms with Crippen molar-refractivity contribution in [3.63, 3.8) is 0 Å². The van der Waals surface area contributed by atoms with Crippen LogP contribution < -0.4 is 5.32 Å². The normalized spacial score (nSPS) is 12.2. The maximum atomic E-state index is 13.2. The largest absolute Gasteiger partial charge is 0.356 e. The van der Waals surface area contributed by atoms with Gasteiger partial charge >= 0.3 is 0 Å². The molecule has 0 heterocycles. The van der Waals surface area contributed by atoms with E-state index < -0.39 is 11.6 Å². The van der Waals surface area contributed by atoms with Gasteiger partial charge in [0.05, 0.1) is 6.42 Å². The standard InChI is InChI=1S/C12H14BrF2NO/c1-8(13)5-6-16-12(17)7-9-10(14)3-2-4-11(9)15/h2-4,8H,5-7H2,1H3,(H,16,17). The number of nitrogens with one attached hydrogen (secondary N) is 1. The Morgan fingerprint density at radius 3 is 2.53 bits per heavy atom. The summed E-state index contributed by atoms with van der Waals surface area (Å²) in [5, 5.41) is 2.61. The lowest BCUT2D eigenvalue weighted by Crippen LogP contribution is -2.27. The number of alkyl halides is 1. The Labute approximate surface area is 108 Å². The highest BCUT2D eigenvalue weighted by Gasteiger charge is 2.12. The van der Waals surface area contributed by atoms with Crippen LogP contribution >= 0.6 is 15.9 Å². The van der Waals surface area contributed by atoms with Crippen LogP contribution in [0.25, 0.3) is 0 Å². The molecule has 0 fully saturated rings. The van der Waals surface area contributed by atoms with Crippen molar-refractivity contribution in [1.29, 1.82) is 0 Å². The van der Waals surface area contributed by atoms with Crippen LogP contribution in [0.15, 0.2) is 18.2 Å². The maximum Gasteiger partial charge on any atom is 0.224 e. The summed E-state index contributed by atoms with van der Waals surface area (Å²) >= 11 is 3.34. The summed E-state index contributed by atoms with van der Waals surface area (Å²) in [6, 6.07) is 3.57. The molecule has 1 aromatic carbocycles. The Morgan fingerprint density at radius 2 is 2.00 bits per heavy atom. The van der Waals surface area contributed by atoms with Gasteiger partial charge in [-0.05, 0) is 18.6 Å². The second kappa shape index (κ2) is 6.69. The monoisotopic (exact) mass is 305 g/mol. The summed E-state index contributed by atoms with van der Waals surface area (Å²) in [4.78, 5) is 11.7. The average Bonchev–Trinajstić information content (AvgIpc) is 2.23. The van der Waals surface area contributed by atoms with E-state index in [1.165, 1.54) is 6.07 Å². The van der Waals surface area contributed by atoms with E-state index in [2.05, 4.69) is 21.2 Å². The zero-order chi connectivity index (χ0) is 12.8. The van der Waals surface area contributed by atoms with Gasteiger partial charge in [0.1, 0.15) is 11.6 Å². The fourth-order valence-corrected chi connectivity index (χ4v) is 1.56. The van der Waals surface area contributed by atoms with Gasteiger partial charge in [-0.25, -0.2) is 8.78 Å². The summed E-state index contributed by atoms with van der Waals surface area (Å²) in [5.74, 6) is -1.75. The molecular weight excluding hydrogens is 292 g/mol. The SMILES string of the molecule is CC(Br)CCNC(=O)Cc1c(F)cccc1F. The molecule has 0 aromatic heterocycles. The van der Waals surface area contributed by atoms with E-state index in [9.17, 15) is 13.6 Å². The number of halogens is 3. The van der Waals surface area contributed by atoms with Crippen molar-refractivity contribution in [2.24, 2.45) is 0 Å². The molecule has 2 nitrogen and oxygen atoms in total. The van der Waals surface area contributed by atoms with E-state index in [0.717, 1.165) is 18.6 Å². The first-order valence-corrected chi connectivity index (χ1v) is 6.26. The lowest BCUT2D eigenvalue weighted by Gasteiger charge is -2.07. The Morgan fingerprint density at radius 1 is 1.41 bits per heavy atom. The number of carbonyl (C=O) groups is 1. The quantitative estimate of drug-likeness (QED) is 0.833. The first kappa shape index (κ1) is 14.1. The van der Waals surface area contributed by atoms with Crippen molar-refractivity contribution in [1.82, 2.24) is 5.32 Å². The van der Waals surface area contributed by atoms with Gasteiger partial charge in [-0.15, -0.1) is 0 Å². The second-order valence-electron chi connectivity index (χ2n) is 3.80. The summed E-state index contributed by atoms with van der Waals surface area (Å²) in [5.41, 5.74) is -0.183. The lowest BCUT2D eigenvalue weighted by atomic mass is 10.1. The summed E-state index contributed by atoms with van der Waals surface area (Å²) in [6.45, 7) is 2.45. The minimum absolute atomic E-state index is 0.183. The van der Waals surface area contributed by atoms with Crippen molar-refractivity contribution in [3.8, 4) is 0 Å². The Bertz CT molecular complexity index is 376. The first-order valence-electron chi connectivity index (χ1n) is 5.34. The molecule has 5 heteroatoms. The zero-order valence-corrected chi connectivity index (χ0v) is 11.1. The summed E-state index contributed by atoms with van der Waals surface area (Å²) in [7, 11) is 0. The molecule has 0 aliphatic heterocycles. The fraction of sp³-hybridized carbons (Fsp3) is 0.417. The van der Waals surface area contributed by atoms with Gasteiger partial charge in [0.2, 0.25) is 5.91 Å². The second-order valence-corrected chi connectivity index (χ2v) is 5.36. The highest BCUT2D eigenvalue weighted by Crippen LogP contribution is 2.12. The topological polar surface area (TPSA) is 29.1 Å². The van der Waals surface area contributed by atoms with Crippen molar-refractivity contribution in [2.45, 2.75) is 24.6 Å². The number of amides is 1. The van der Waals surface area contributed by atoms with Gasteiger partial charge in [0.25, 0.3) is 0 Å². The first-order chi connectivity index (χ1) is 8.00. The Hall–Kier alpha value is -0.970. The third-order valence-electron chi connectivity index (χ3n) is 2.26. The number of carbonyl (C=O) groups excluding carboxylic acids is 1. The molecule has 0 bridgehead atoms. The third kappa shape index (κ3) is 4.81. The van der Waals surface area contributed by atoms with Crippen molar-refractivity contribution < 1.29 is 13.6 Å². The van der Waals surface area contributed by atoms with E-state index in [4.69, 9.17) is 0 Å². The molecule has 0 saturated heterocycles. The highest BCUT2D eigenvalue weighted by atomic mass is 79.9.